The monoisotopic (exact) mass is 651 g/mol. The maximum Gasteiger partial charge on any atom is 0.0542 e. The van der Waals surface area contributed by atoms with Gasteiger partial charge in [-0.1, -0.05) is 103 Å². The number of nitrogens with zero attached hydrogens (tertiary/aromatic N) is 3. The lowest BCUT2D eigenvalue weighted by atomic mass is 10.00. The number of hydrogen-bond acceptors (Lipinski definition) is 2. The number of para-hydroxylation sites is 3. The second-order valence-electron chi connectivity index (χ2n) is 13.1. The van der Waals surface area contributed by atoms with Crippen LogP contribution in [0.5, 0.6) is 0 Å². The van der Waals surface area contributed by atoms with Crippen molar-refractivity contribution in [1.82, 2.24) is 4.57 Å². The normalized spacial score (nSPS) is 12.2. The number of aromatic nitrogens is 1. The van der Waals surface area contributed by atoms with Crippen LogP contribution in [0.1, 0.15) is 0 Å². The van der Waals surface area contributed by atoms with Gasteiger partial charge in [0.05, 0.1) is 11.0 Å². The molecule has 1 aliphatic rings. The van der Waals surface area contributed by atoms with Gasteiger partial charge >= 0.3 is 0 Å². The van der Waals surface area contributed by atoms with Crippen LogP contribution in [-0.4, -0.2) is 4.57 Å². The fourth-order valence-corrected chi connectivity index (χ4v) is 7.72. The van der Waals surface area contributed by atoms with E-state index in [-0.39, 0.29) is 0 Å². The number of anilines is 6. The van der Waals surface area contributed by atoms with Gasteiger partial charge < -0.3 is 14.4 Å². The fraction of sp³-hybridized carbons (Fsp3) is 0. The van der Waals surface area contributed by atoms with Crippen molar-refractivity contribution in [2.24, 2.45) is 0 Å². The molecule has 0 N–H and O–H groups in total. The largest absolute Gasteiger partial charge is 0.310 e. The molecular weight excluding hydrogens is 619 g/mol. The summed E-state index contributed by atoms with van der Waals surface area (Å²) in [7, 11) is 0. The predicted molar refractivity (Wildman–Crippen MR) is 215 cm³/mol. The molecule has 10 rings (SSSR count). The van der Waals surface area contributed by atoms with Crippen LogP contribution in [0, 0.1) is 0 Å². The molecule has 8 bridgehead atoms. The molecule has 0 radical (unpaired) electrons. The SMILES string of the molecule is c1ccc(N2c3cccc(c3)-c3cccc(c3)N(c3ccc4c(c3)c3ccccc3n4-c3ccccc3)c3cccc(c3)-c3cccc2c3)cc1. The zero-order valence-electron chi connectivity index (χ0n) is 27.9. The molecule has 0 saturated carbocycles. The number of hydrogen-bond donors (Lipinski definition) is 0. The first kappa shape index (κ1) is 29.1. The smallest absolute Gasteiger partial charge is 0.0542 e. The lowest BCUT2D eigenvalue weighted by Gasteiger charge is -2.28. The van der Waals surface area contributed by atoms with Crippen molar-refractivity contribution in [3.8, 4) is 27.9 Å². The molecule has 0 spiro atoms. The Kier molecular flexibility index (Phi) is 6.81. The quantitative estimate of drug-likeness (QED) is 0.188. The van der Waals surface area contributed by atoms with E-state index in [0.717, 1.165) is 50.9 Å². The molecule has 0 aliphatic carbocycles. The minimum Gasteiger partial charge on any atom is -0.310 e. The summed E-state index contributed by atoms with van der Waals surface area (Å²) in [6, 6.07) is 72.6. The topological polar surface area (TPSA) is 11.4 Å². The lowest BCUT2D eigenvalue weighted by molar-refractivity contribution is 1.18. The van der Waals surface area contributed by atoms with Gasteiger partial charge in [-0.15, -0.1) is 0 Å². The summed E-state index contributed by atoms with van der Waals surface area (Å²) in [6.07, 6.45) is 0. The van der Waals surface area contributed by atoms with Crippen molar-refractivity contribution in [1.29, 1.82) is 0 Å². The Labute approximate surface area is 297 Å². The third kappa shape index (κ3) is 4.98. The van der Waals surface area contributed by atoms with Gasteiger partial charge in [0, 0.05) is 50.6 Å². The van der Waals surface area contributed by atoms with Gasteiger partial charge in [-0.05, 0) is 119 Å². The lowest BCUT2D eigenvalue weighted by Crippen LogP contribution is -2.11. The molecule has 3 heteroatoms. The van der Waals surface area contributed by atoms with E-state index in [0.29, 0.717) is 0 Å². The van der Waals surface area contributed by atoms with Crippen molar-refractivity contribution in [2.45, 2.75) is 0 Å². The van der Waals surface area contributed by atoms with E-state index in [1.807, 2.05) is 0 Å². The van der Waals surface area contributed by atoms with Gasteiger partial charge in [-0.3, -0.25) is 0 Å². The minimum atomic E-state index is 1.10. The second kappa shape index (κ2) is 11.9. The Morgan fingerprint density at radius 3 is 1.16 bits per heavy atom. The third-order valence-corrected chi connectivity index (χ3v) is 10.0. The van der Waals surface area contributed by atoms with Crippen molar-refractivity contribution in [2.75, 3.05) is 9.80 Å². The molecule has 0 fully saturated rings. The molecule has 8 aromatic carbocycles. The van der Waals surface area contributed by atoms with Crippen LogP contribution < -0.4 is 9.80 Å². The van der Waals surface area contributed by atoms with E-state index in [4.69, 9.17) is 0 Å². The van der Waals surface area contributed by atoms with Crippen molar-refractivity contribution < 1.29 is 0 Å². The highest BCUT2D eigenvalue weighted by Crippen LogP contribution is 2.43. The number of rotatable bonds is 3. The Bertz CT molecular complexity index is 2620. The molecule has 9 aromatic rings. The zero-order valence-corrected chi connectivity index (χ0v) is 27.9. The zero-order chi connectivity index (χ0) is 33.7. The van der Waals surface area contributed by atoms with Crippen molar-refractivity contribution in [3.63, 3.8) is 0 Å². The summed E-state index contributed by atoms with van der Waals surface area (Å²) in [6.45, 7) is 0. The Hall–Kier alpha value is -6.84. The van der Waals surface area contributed by atoms with Gasteiger partial charge in [-0.2, -0.15) is 0 Å². The van der Waals surface area contributed by atoms with Crippen molar-refractivity contribution >= 4 is 55.9 Å². The van der Waals surface area contributed by atoms with Gasteiger partial charge in [0.1, 0.15) is 0 Å². The summed E-state index contributed by atoms with van der Waals surface area (Å²) < 4.78 is 2.37. The maximum atomic E-state index is 2.40. The van der Waals surface area contributed by atoms with E-state index in [1.54, 1.807) is 0 Å². The summed E-state index contributed by atoms with van der Waals surface area (Å²) in [5.41, 5.74) is 14.9. The average molecular weight is 652 g/mol. The van der Waals surface area contributed by atoms with Crippen LogP contribution in [0.25, 0.3) is 49.7 Å². The maximum absolute atomic E-state index is 2.40. The van der Waals surface area contributed by atoms with E-state index in [9.17, 15) is 0 Å². The summed E-state index contributed by atoms with van der Waals surface area (Å²) in [4.78, 5) is 4.75. The number of fused-ring (bicyclic) bond motifs is 13. The van der Waals surface area contributed by atoms with Crippen LogP contribution in [0.4, 0.5) is 34.1 Å². The first-order chi connectivity index (χ1) is 25.3. The standard InChI is InChI=1S/C48H33N3/c1-3-17-38(18-4-1)49-40-21-9-13-34(29-40)36-15-11-23-42(31-36)50(43-24-12-16-37(32-43)35-14-10-22-41(49)30-35)44-27-28-48-46(33-44)45-25-7-8-26-47(45)51(48)39-19-5-2-6-20-39/h1-33H. The van der Waals surface area contributed by atoms with Gasteiger partial charge in [0.2, 0.25) is 0 Å². The summed E-state index contributed by atoms with van der Waals surface area (Å²) in [5, 5.41) is 2.46. The molecule has 2 heterocycles. The van der Waals surface area contributed by atoms with Gasteiger partial charge in [0.25, 0.3) is 0 Å². The molecule has 1 aliphatic heterocycles. The van der Waals surface area contributed by atoms with E-state index >= 15 is 0 Å². The van der Waals surface area contributed by atoms with Crippen LogP contribution in [0.2, 0.25) is 0 Å². The summed E-state index contributed by atoms with van der Waals surface area (Å²) >= 11 is 0. The minimum absolute atomic E-state index is 1.10. The van der Waals surface area contributed by atoms with Crippen LogP contribution in [-0.2, 0) is 0 Å². The molecule has 0 unspecified atom stereocenters. The van der Waals surface area contributed by atoms with Crippen LogP contribution in [0.15, 0.2) is 200 Å². The highest BCUT2D eigenvalue weighted by Gasteiger charge is 2.20. The Morgan fingerprint density at radius 1 is 0.235 bits per heavy atom. The predicted octanol–water partition coefficient (Wildman–Crippen LogP) is 13.4. The molecule has 0 atom stereocenters. The molecule has 240 valence electrons. The Morgan fingerprint density at radius 2 is 0.627 bits per heavy atom. The Balaban J connectivity index is 1.22. The molecule has 0 amide bonds. The van der Waals surface area contributed by atoms with Crippen molar-refractivity contribution in [3.05, 3.63) is 200 Å². The van der Waals surface area contributed by atoms with E-state index in [1.165, 1.54) is 32.9 Å². The van der Waals surface area contributed by atoms with E-state index < -0.39 is 0 Å². The highest BCUT2D eigenvalue weighted by molar-refractivity contribution is 6.10. The molecule has 1 aromatic heterocycles. The van der Waals surface area contributed by atoms with Crippen LogP contribution in [0.3, 0.4) is 0 Å². The van der Waals surface area contributed by atoms with E-state index in [2.05, 4.69) is 215 Å². The average Bonchev–Trinajstić information content (AvgIpc) is 3.53. The highest BCUT2D eigenvalue weighted by atomic mass is 15.1. The molecule has 3 nitrogen and oxygen atoms in total. The molecule has 51 heavy (non-hydrogen) atoms. The first-order valence-electron chi connectivity index (χ1n) is 17.4. The van der Waals surface area contributed by atoms with Gasteiger partial charge in [0.15, 0.2) is 0 Å². The fourth-order valence-electron chi connectivity index (χ4n) is 7.72. The second-order valence-corrected chi connectivity index (χ2v) is 13.1. The molecular formula is C48H33N3. The first-order valence-corrected chi connectivity index (χ1v) is 17.4. The third-order valence-electron chi connectivity index (χ3n) is 10.0. The van der Waals surface area contributed by atoms with Gasteiger partial charge in [-0.25, -0.2) is 0 Å². The summed E-state index contributed by atoms with van der Waals surface area (Å²) in [5.74, 6) is 0. The molecule has 0 saturated heterocycles. The van der Waals surface area contributed by atoms with Crippen LogP contribution >= 0.6 is 0 Å². The number of benzene rings is 8.